The van der Waals surface area contributed by atoms with Gasteiger partial charge in [0.1, 0.15) is 17.2 Å². The highest BCUT2D eigenvalue weighted by atomic mass is 32.2. The first kappa shape index (κ1) is 23.3. The normalized spacial score (nSPS) is 11.2. The Morgan fingerprint density at radius 1 is 1.00 bits per heavy atom. The Morgan fingerprint density at radius 2 is 1.62 bits per heavy atom. The maximum Gasteiger partial charge on any atom is 0.270 e. The minimum Gasteiger partial charge on any atom is -0.497 e. The van der Waals surface area contributed by atoms with E-state index in [1.807, 2.05) is 19.1 Å². The van der Waals surface area contributed by atoms with Gasteiger partial charge in [0.25, 0.3) is 5.56 Å². The number of carbonyl (C=O) groups is 1. The van der Waals surface area contributed by atoms with Crippen LogP contribution in [0.1, 0.15) is 22.4 Å². The highest BCUT2D eigenvalue weighted by Gasteiger charge is 2.26. The monoisotopic (exact) mass is 454 g/mol. The molecule has 0 saturated carbocycles. The Bertz CT molecular complexity index is 1290. The summed E-state index contributed by atoms with van der Waals surface area (Å²) >= 11 is 0. The summed E-state index contributed by atoms with van der Waals surface area (Å²) in [5.41, 5.74) is 1.94. The number of sulfone groups is 1. The van der Waals surface area contributed by atoms with E-state index in [9.17, 15) is 18.0 Å². The molecular formula is C24H26N2O5S. The van der Waals surface area contributed by atoms with E-state index < -0.39 is 21.3 Å². The molecule has 1 amide bonds. The summed E-state index contributed by atoms with van der Waals surface area (Å²) in [6, 6.07) is 15.2. The minimum atomic E-state index is -4.03. The first-order valence-corrected chi connectivity index (χ1v) is 11.5. The van der Waals surface area contributed by atoms with Crippen LogP contribution in [0, 0.1) is 20.8 Å². The number of nitrogens with zero attached hydrogens (tertiary/aromatic N) is 1. The molecule has 1 aromatic heterocycles. The molecule has 8 heteroatoms. The molecule has 0 saturated heterocycles. The van der Waals surface area contributed by atoms with Gasteiger partial charge in [-0.2, -0.15) is 0 Å². The molecule has 1 heterocycles. The van der Waals surface area contributed by atoms with Crippen molar-refractivity contribution in [2.75, 3.05) is 7.11 Å². The van der Waals surface area contributed by atoms with Gasteiger partial charge in [0, 0.05) is 12.2 Å². The van der Waals surface area contributed by atoms with Gasteiger partial charge in [0.2, 0.25) is 15.7 Å². The molecule has 3 rings (SSSR count). The van der Waals surface area contributed by atoms with Crippen LogP contribution < -0.4 is 15.6 Å². The quantitative estimate of drug-likeness (QED) is 0.592. The molecular weight excluding hydrogens is 428 g/mol. The lowest BCUT2D eigenvalue weighted by Gasteiger charge is -2.15. The SMILES string of the molecule is COc1ccc(CNC(=O)Cn2c(C)cc(C)c(S(=O)(=O)c3ccc(C)cc3)c2=O)cc1. The van der Waals surface area contributed by atoms with E-state index in [0.717, 1.165) is 11.1 Å². The van der Waals surface area contributed by atoms with Crippen LogP contribution in [0.2, 0.25) is 0 Å². The second-order valence-corrected chi connectivity index (χ2v) is 9.52. The van der Waals surface area contributed by atoms with E-state index in [-0.39, 0.29) is 22.9 Å². The fourth-order valence-electron chi connectivity index (χ4n) is 3.41. The van der Waals surface area contributed by atoms with E-state index in [4.69, 9.17) is 4.74 Å². The predicted octanol–water partition coefficient (Wildman–Crippen LogP) is 2.93. The van der Waals surface area contributed by atoms with Gasteiger partial charge < -0.3 is 14.6 Å². The molecule has 0 unspecified atom stereocenters. The molecule has 0 spiro atoms. The highest BCUT2D eigenvalue weighted by Crippen LogP contribution is 2.22. The minimum absolute atomic E-state index is 0.0441. The van der Waals surface area contributed by atoms with E-state index in [1.54, 1.807) is 51.3 Å². The molecule has 2 aromatic carbocycles. The van der Waals surface area contributed by atoms with Crippen molar-refractivity contribution in [2.24, 2.45) is 0 Å². The number of nitrogens with one attached hydrogen (secondary N) is 1. The lowest BCUT2D eigenvalue weighted by Crippen LogP contribution is -2.35. The molecule has 0 aliphatic heterocycles. The topological polar surface area (TPSA) is 94.5 Å². The lowest BCUT2D eigenvalue weighted by molar-refractivity contribution is -0.121. The summed E-state index contributed by atoms with van der Waals surface area (Å²) in [7, 11) is -2.46. The van der Waals surface area contributed by atoms with Crippen molar-refractivity contribution in [2.45, 2.75) is 43.7 Å². The zero-order valence-electron chi connectivity index (χ0n) is 18.5. The van der Waals surface area contributed by atoms with Crippen LogP contribution in [-0.2, 0) is 27.7 Å². The maximum atomic E-state index is 13.2. The molecule has 0 aliphatic rings. The summed E-state index contributed by atoms with van der Waals surface area (Å²) in [4.78, 5) is 25.4. The van der Waals surface area contributed by atoms with Crippen molar-refractivity contribution in [1.82, 2.24) is 9.88 Å². The number of benzene rings is 2. The number of amides is 1. The molecule has 1 N–H and O–H groups in total. The molecule has 0 radical (unpaired) electrons. The maximum absolute atomic E-state index is 13.2. The van der Waals surface area contributed by atoms with Gasteiger partial charge in [0.05, 0.1) is 12.0 Å². The number of aryl methyl sites for hydroxylation is 3. The Labute approximate surface area is 187 Å². The second kappa shape index (κ2) is 9.40. The Balaban J connectivity index is 1.86. The van der Waals surface area contributed by atoms with Crippen molar-refractivity contribution in [1.29, 1.82) is 0 Å². The van der Waals surface area contributed by atoms with Crippen molar-refractivity contribution < 1.29 is 17.9 Å². The summed E-state index contributed by atoms with van der Waals surface area (Å²) < 4.78 is 32.7. The number of hydrogen-bond acceptors (Lipinski definition) is 5. The highest BCUT2D eigenvalue weighted by molar-refractivity contribution is 7.91. The summed E-state index contributed by atoms with van der Waals surface area (Å²) in [5.74, 6) is 0.317. The van der Waals surface area contributed by atoms with Crippen molar-refractivity contribution in [3.05, 3.63) is 87.3 Å². The number of rotatable bonds is 7. The molecule has 0 bridgehead atoms. The Morgan fingerprint density at radius 3 is 2.22 bits per heavy atom. The third-order valence-corrected chi connectivity index (χ3v) is 7.13. The van der Waals surface area contributed by atoms with Gasteiger partial charge in [0.15, 0.2) is 0 Å². The largest absolute Gasteiger partial charge is 0.497 e. The summed E-state index contributed by atoms with van der Waals surface area (Å²) in [5, 5.41) is 2.76. The average Bonchev–Trinajstić information content (AvgIpc) is 2.75. The number of pyridine rings is 1. The molecule has 0 fully saturated rings. The standard InChI is InChI=1S/C24H26N2O5S/c1-16-5-11-21(12-6-16)32(29,30)23-17(2)13-18(3)26(24(23)28)15-22(27)25-14-19-7-9-20(31-4)10-8-19/h5-13H,14-15H2,1-4H3,(H,25,27). The molecule has 3 aromatic rings. The van der Waals surface area contributed by atoms with Gasteiger partial charge >= 0.3 is 0 Å². The van der Waals surface area contributed by atoms with Crippen LogP contribution in [-0.4, -0.2) is 26.0 Å². The van der Waals surface area contributed by atoms with E-state index >= 15 is 0 Å². The van der Waals surface area contributed by atoms with Crippen LogP contribution >= 0.6 is 0 Å². The number of hydrogen-bond donors (Lipinski definition) is 1. The average molecular weight is 455 g/mol. The molecule has 32 heavy (non-hydrogen) atoms. The van der Waals surface area contributed by atoms with Crippen molar-refractivity contribution >= 4 is 15.7 Å². The van der Waals surface area contributed by atoms with Gasteiger partial charge in [-0.15, -0.1) is 0 Å². The van der Waals surface area contributed by atoms with Crippen molar-refractivity contribution in [3.63, 3.8) is 0 Å². The van der Waals surface area contributed by atoms with Gasteiger partial charge in [-0.1, -0.05) is 29.8 Å². The first-order valence-electron chi connectivity index (χ1n) is 10.1. The van der Waals surface area contributed by atoms with E-state index in [2.05, 4.69) is 5.32 Å². The fraction of sp³-hybridized carbons (Fsp3) is 0.250. The number of methoxy groups -OCH3 is 1. The predicted molar refractivity (Wildman–Crippen MR) is 122 cm³/mol. The number of carbonyl (C=O) groups excluding carboxylic acids is 1. The van der Waals surface area contributed by atoms with Crippen LogP contribution in [0.15, 0.2) is 69.2 Å². The summed E-state index contributed by atoms with van der Waals surface area (Å²) in [6.07, 6.45) is 0. The van der Waals surface area contributed by atoms with Crippen LogP contribution in [0.25, 0.3) is 0 Å². The third kappa shape index (κ3) is 4.91. The van der Waals surface area contributed by atoms with E-state index in [1.165, 1.54) is 16.7 Å². The Hall–Kier alpha value is -3.39. The number of aromatic nitrogens is 1. The van der Waals surface area contributed by atoms with E-state index in [0.29, 0.717) is 17.0 Å². The molecule has 168 valence electrons. The molecule has 0 atom stereocenters. The van der Waals surface area contributed by atoms with Gasteiger partial charge in [-0.3, -0.25) is 9.59 Å². The first-order chi connectivity index (χ1) is 15.1. The van der Waals surface area contributed by atoms with Crippen LogP contribution in [0.5, 0.6) is 5.75 Å². The Kier molecular flexibility index (Phi) is 6.84. The van der Waals surface area contributed by atoms with Gasteiger partial charge in [-0.05, 0) is 62.2 Å². The number of ether oxygens (including phenoxy) is 1. The second-order valence-electron chi connectivity index (χ2n) is 7.63. The van der Waals surface area contributed by atoms with Crippen molar-refractivity contribution in [3.8, 4) is 5.75 Å². The van der Waals surface area contributed by atoms with Crippen LogP contribution in [0.3, 0.4) is 0 Å². The van der Waals surface area contributed by atoms with Gasteiger partial charge in [-0.25, -0.2) is 8.42 Å². The molecule has 7 nitrogen and oxygen atoms in total. The zero-order valence-corrected chi connectivity index (χ0v) is 19.3. The smallest absolute Gasteiger partial charge is 0.270 e. The zero-order chi connectivity index (χ0) is 23.5. The summed E-state index contributed by atoms with van der Waals surface area (Å²) in [6.45, 7) is 5.11. The molecule has 0 aliphatic carbocycles. The lowest BCUT2D eigenvalue weighted by atomic mass is 10.2. The van der Waals surface area contributed by atoms with Crippen LogP contribution in [0.4, 0.5) is 0 Å². The fourth-order valence-corrected chi connectivity index (χ4v) is 4.96. The third-order valence-electron chi connectivity index (χ3n) is 5.20.